The highest BCUT2D eigenvalue weighted by atomic mass is 19.1. The number of benzene rings is 2. The van der Waals surface area contributed by atoms with Gasteiger partial charge in [-0.15, -0.1) is 0 Å². The molecule has 0 radical (unpaired) electrons. The minimum absolute atomic E-state index is 0.0270. The fourth-order valence-corrected chi connectivity index (χ4v) is 4.25. The molecular formula is C25H32F2N2O. The second-order valence-electron chi connectivity index (χ2n) is 8.26. The molecule has 1 atom stereocenters. The molecule has 3 nitrogen and oxygen atoms in total. The zero-order valence-electron chi connectivity index (χ0n) is 18.0. The van der Waals surface area contributed by atoms with E-state index in [0.717, 1.165) is 56.3 Å². The highest BCUT2D eigenvalue weighted by Crippen LogP contribution is 2.39. The van der Waals surface area contributed by atoms with Gasteiger partial charge in [-0.05, 0) is 81.2 Å². The van der Waals surface area contributed by atoms with Gasteiger partial charge in [0.1, 0.15) is 11.6 Å². The number of fused-ring (bicyclic) bond motifs is 1. The summed E-state index contributed by atoms with van der Waals surface area (Å²) in [7, 11) is 2.09. The van der Waals surface area contributed by atoms with Crippen LogP contribution in [0.2, 0.25) is 0 Å². The molecule has 0 saturated heterocycles. The monoisotopic (exact) mass is 414 g/mol. The van der Waals surface area contributed by atoms with Crippen LogP contribution in [0.3, 0.4) is 0 Å². The van der Waals surface area contributed by atoms with E-state index in [4.69, 9.17) is 0 Å². The highest BCUT2D eigenvalue weighted by molar-refractivity contribution is 5.94. The van der Waals surface area contributed by atoms with Gasteiger partial charge in [-0.3, -0.25) is 4.79 Å². The zero-order valence-corrected chi connectivity index (χ0v) is 18.0. The lowest BCUT2D eigenvalue weighted by molar-refractivity contribution is -0.118. The molecule has 30 heavy (non-hydrogen) atoms. The number of carbonyl (C=O) groups is 1. The van der Waals surface area contributed by atoms with Crippen molar-refractivity contribution in [3.05, 3.63) is 65.2 Å². The van der Waals surface area contributed by atoms with E-state index in [1.807, 2.05) is 0 Å². The van der Waals surface area contributed by atoms with E-state index in [1.54, 1.807) is 23.1 Å². The van der Waals surface area contributed by atoms with Gasteiger partial charge < -0.3 is 9.80 Å². The molecule has 5 heteroatoms. The first kappa shape index (κ1) is 22.4. The van der Waals surface area contributed by atoms with Crippen LogP contribution < -0.4 is 4.90 Å². The molecule has 3 rings (SSSR count). The van der Waals surface area contributed by atoms with Crippen LogP contribution in [0.5, 0.6) is 0 Å². The van der Waals surface area contributed by atoms with Gasteiger partial charge >= 0.3 is 0 Å². The minimum Gasteiger partial charge on any atom is -0.312 e. The lowest BCUT2D eigenvalue weighted by Gasteiger charge is -2.25. The summed E-state index contributed by atoms with van der Waals surface area (Å²) in [4.78, 5) is 17.1. The van der Waals surface area contributed by atoms with Crippen molar-refractivity contribution in [2.45, 2.75) is 51.4 Å². The van der Waals surface area contributed by atoms with Crippen LogP contribution in [0.25, 0.3) is 0 Å². The van der Waals surface area contributed by atoms with Crippen LogP contribution in [-0.4, -0.2) is 37.5 Å². The van der Waals surface area contributed by atoms with Crippen LogP contribution in [0.15, 0.2) is 42.5 Å². The van der Waals surface area contributed by atoms with E-state index >= 15 is 0 Å². The number of hydrogen-bond acceptors (Lipinski definition) is 2. The van der Waals surface area contributed by atoms with Crippen molar-refractivity contribution < 1.29 is 13.6 Å². The number of carbonyl (C=O) groups excluding carboxylic acids is 1. The average molecular weight is 415 g/mol. The summed E-state index contributed by atoms with van der Waals surface area (Å²) in [6.45, 7) is 4.68. The summed E-state index contributed by atoms with van der Waals surface area (Å²) < 4.78 is 27.5. The smallest absolute Gasteiger partial charge is 0.227 e. The average Bonchev–Trinajstić information content (AvgIpc) is 2.92. The van der Waals surface area contributed by atoms with E-state index in [1.165, 1.54) is 24.3 Å². The first-order valence-corrected chi connectivity index (χ1v) is 11.0. The summed E-state index contributed by atoms with van der Waals surface area (Å²) in [5.41, 5.74) is 2.59. The van der Waals surface area contributed by atoms with Crippen LogP contribution in [0, 0.1) is 11.6 Å². The molecule has 1 unspecified atom stereocenters. The lowest BCUT2D eigenvalue weighted by Crippen LogP contribution is -2.32. The lowest BCUT2D eigenvalue weighted by atomic mass is 9.87. The summed E-state index contributed by atoms with van der Waals surface area (Å²) in [5, 5.41) is 0. The second kappa shape index (κ2) is 10.7. The van der Waals surface area contributed by atoms with E-state index in [0.29, 0.717) is 18.7 Å². The van der Waals surface area contributed by atoms with Gasteiger partial charge in [0.15, 0.2) is 0 Å². The number of unbranched alkanes of at least 4 members (excludes halogenated alkanes) is 1. The second-order valence-corrected chi connectivity index (χ2v) is 8.26. The normalized spacial score (nSPS) is 16.4. The van der Waals surface area contributed by atoms with E-state index in [2.05, 4.69) is 18.9 Å². The fourth-order valence-electron chi connectivity index (χ4n) is 4.25. The first-order chi connectivity index (χ1) is 14.5. The molecule has 0 fully saturated rings. The molecule has 0 aromatic heterocycles. The molecule has 0 N–H and O–H groups in total. The Balaban J connectivity index is 1.76. The van der Waals surface area contributed by atoms with Crippen molar-refractivity contribution in [3.8, 4) is 0 Å². The van der Waals surface area contributed by atoms with Gasteiger partial charge in [-0.2, -0.15) is 0 Å². The maximum absolute atomic E-state index is 14.1. The number of anilines is 1. The molecule has 0 bridgehead atoms. The van der Waals surface area contributed by atoms with Crippen molar-refractivity contribution in [2.24, 2.45) is 0 Å². The van der Waals surface area contributed by atoms with Crippen molar-refractivity contribution in [3.63, 3.8) is 0 Å². The maximum atomic E-state index is 14.1. The maximum Gasteiger partial charge on any atom is 0.227 e. The molecule has 162 valence electrons. The standard InChI is InChI=1S/C25H32F2N2O/c1-3-4-15-28(2)16-6-8-25(30)29-17-5-7-22(19-9-11-20(26)12-10-19)23-14-13-21(27)18-24(23)29/h9-14,18,22H,3-8,15-17H2,1-2H3. The summed E-state index contributed by atoms with van der Waals surface area (Å²) >= 11 is 0. The Bertz CT molecular complexity index is 838. The Morgan fingerprint density at radius 1 is 1.07 bits per heavy atom. The largest absolute Gasteiger partial charge is 0.312 e. The Labute approximate surface area is 178 Å². The quantitative estimate of drug-likeness (QED) is 0.550. The van der Waals surface area contributed by atoms with Crippen molar-refractivity contribution in [2.75, 3.05) is 31.6 Å². The van der Waals surface area contributed by atoms with E-state index < -0.39 is 0 Å². The van der Waals surface area contributed by atoms with Gasteiger partial charge in [0.25, 0.3) is 0 Å². The number of amides is 1. The Morgan fingerprint density at radius 2 is 1.77 bits per heavy atom. The third kappa shape index (κ3) is 5.66. The number of nitrogens with zero attached hydrogens (tertiary/aromatic N) is 2. The minimum atomic E-state index is -0.342. The number of halogens is 2. The van der Waals surface area contributed by atoms with Crippen molar-refractivity contribution in [1.82, 2.24) is 4.90 Å². The molecule has 2 aromatic rings. The SMILES string of the molecule is CCCCN(C)CCCC(=O)N1CCCC(c2ccc(F)cc2)c2ccc(F)cc21. The van der Waals surface area contributed by atoms with Crippen LogP contribution >= 0.6 is 0 Å². The molecule has 1 aliphatic rings. The van der Waals surface area contributed by atoms with Crippen molar-refractivity contribution in [1.29, 1.82) is 0 Å². The first-order valence-electron chi connectivity index (χ1n) is 11.0. The van der Waals surface area contributed by atoms with Crippen LogP contribution in [0.1, 0.15) is 62.5 Å². The van der Waals surface area contributed by atoms with Crippen LogP contribution in [-0.2, 0) is 4.79 Å². The highest BCUT2D eigenvalue weighted by Gasteiger charge is 2.27. The predicted octanol–water partition coefficient (Wildman–Crippen LogP) is 5.74. The van der Waals surface area contributed by atoms with Crippen molar-refractivity contribution >= 4 is 11.6 Å². The molecule has 1 heterocycles. The zero-order chi connectivity index (χ0) is 21.5. The Kier molecular flexibility index (Phi) is 7.97. The molecule has 0 aliphatic carbocycles. The predicted molar refractivity (Wildman–Crippen MR) is 118 cm³/mol. The van der Waals surface area contributed by atoms with Gasteiger partial charge in [-0.25, -0.2) is 8.78 Å². The molecular weight excluding hydrogens is 382 g/mol. The molecule has 1 aliphatic heterocycles. The molecule has 1 amide bonds. The number of hydrogen-bond donors (Lipinski definition) is 0. The third-order valence-corrected chi connectivity index (χ3v) is 5.93. The molecule has 0 saturated carbocycles. The number of rotatable bonds is 8. The molecule has 2 aromatic carbocycles. The van der Waals surface area contributed by atoms with Crippen LogP contribution in [0.4, 0.5) is 14.5 Å². The summed E-state index contributed by atoms with van der Waals surface area (Å²) in [6, 6.07) is 11.2. The molecule has 0 spiro atoms. The topological polar surface area (TPSA) is 23.6 Å². The van der Waals surface area contributed by atoms with E-state index in [-0.39, 0.29) is 23.5 Å². The van der Waals surface area contributed by atoms with Gasteiger partial charge in [0.2, 0.25) is 5.91 Å². The Hall–Kier alpha value is -2.27. The third-order valence-electron chi connectivity index (χ3n) is 5.93. The fraction of sp³-hybridized carbons (Fsp3) is 0.480. The summed E-state index contributed by atoms with van der Waals surface area (Å²) in [5.74, 6) is -0.539. The van der Waals surface area contributed by atoms with Gasteiger partial charge in [-0.1, -0.05) is 31.5 Å². The van der Waals surface area contributed by atoms with Gasteiger partial charge in [0.05, 0.1) is 5.69 Å². The summed E-state index contributed by atoms with van der Waals surface area (Å²) in [6.07, 6.45) is 5.23. The van der Waals surface area contributed by atoms with E-state index in [9.17, 15) is 13.6 Å². The Morgan fingerprint density at radius 3 is 2.50 bits per heavy atom. The van der Waals surface area contributed by atoms with Gasteiger partial charge in [0, 0.05) is 18.9 Å².